The summed E-state index contributed by atoms with van der Waals surface area (Å²) in [6.45, 7) is 0. The predicted octanol–water partition coefficient (Wildman–Crippen LogP) is -2.46. The number of rotatable bonds is 2. The summed E-state index contributed by atoms with van der Waals surface area (Å²) in [4.78, 5) is 0. The average molecular weight is 216 g/mol. The van der Waals surface area contributed by atoms with Crippen LogP contribution in [0, 0.1) is 0 Å². The topological polar surface area (TPSA) is 124 Å². The number of hydrogen-bond donors (Lipinski definition) is 0. The Morgan fingerprint density at radius 2 is 1.10 bits per heavy atom. The van der Waals surface area contributed by atoms with E-state index in [1.165, 1.54) is 0 Å². The van der Waals surface area contributed by atoms with Crippen LogP contribution in [-0.2, 0) is 24.4 Å². The molecule has 0 saturated heterocycles. The standard InChI is InChI=1S/Ca.H2O7S2/c;1-8(2,3)7-9(4,5)6/h;(H,1,2,3)(H,4,5,6)/q+2;/p-2. The molecule has 0 rings (SSSR count). The zero-order valence-electron chi connectivity index (χ0n) is 4.38. The van der Waals surface area contributed by atoms with Crippen molar-refractivity contribution in [3.8, 4) is 0 Å². The van der Waals surface area contributed by atoms with Crippen LogP contribution < -0.4 is 0 Å². The Bertz CT molecular complexity index is 237. The summed E-state index contributed by atoms with van der Waals surface area (Å²) in [7, 11) is -10.9. The van der Waals surface area contributed by atoms with E-state index in [9.17, 15) is 25.9 Å². The Kier molecular flexibility index (Phi) is 5.67. The Morgan fingerprint density at radius 1 is 0.900 bits per heavy atom. The normalized spacial score (nSPS) is 12.2. The van der Waals surface area contributed by atoms with Crippen LogP contribution in [0.1, 0.15) is 0 Å². The fourth-order valence-corrected chi connectivity index (χ4v) is 0.919. The van der Waals surface area contributed by atoms with Crippen molar-refractivity contribution in [2.24, 2.45) is 0 Å². The Labute approximate surface area is 87.3 Å². The van der Waals surface area contributed by atoms with Gasteiger partial charge in [0.25, 0.3) is 0 Å². The fraction of sp³-hybridized carbons (Fsp3) is 0. The van der Waals surface area contributed by atoms with Gasteiger partial charge in [0.2, 0.25) is 20.8 Å². The monoisotopic (exact) mass is 216 g/mol. The first-order valence-electron chi connectivity index (χ1n) is 1.33. The van der Waals surface area contributed by atoms with Crippen LogP contribution in [0.2, 0.25) is 0 Å². The molecule has 0 aromatic heterocycles. The molecule has 0 aliphatic rings. The third kappa shape index (κ3) is 11.8. The molecular formula is CaO7S2. The smallest absolute Gasteiger partial charge is 0.725 e. The average Bonchev–Trinajstić information content (AvgIpc) is 1.14. The summed E-state index contributed by atoms with van der Waals surface area (Å²) in [5.74, 6) is 0. The van der Waals surface area contributed by atoms with Gasteiger partial charge in [-0.15, -0.1) is 0 Å². The Balaban J connectivity index is 0. The molecule has 0 heterocycles. The van der Waals surface area contributed by atoms with E-state index in [0.29, 0.717) is 0 Å². The maximum atomic E-state index is 9.29. The first kappa shape index (κ1) is 13.6. The quantitative estimate of drug-likeness (QED) is 0.285. The molecule has 0 N–H and O–H groups in total. The summed E-state index contributed by atoms with van der Waals surface area (Å²) >= 11 is 0. The van der Waals surface area contributed by atoms with Crippen molar-refractivity contribution in [3.63, 3.8) is 0 Å². The molecule has 7 nitrogen and oxygen atoms in total. The van der Waals surface area contributed by atoms with Gasteiger partial charge in [0.05, 0.1) is 0 Å². The van der Waals surface area contributed by atoms with Crippen molar-refractivity contribution in [2.75, 3.05) is 0 Å². The van der Waals surface area contributed by atoms with Crippen molar-refractivity contribution >= 4 is 58.5 Å². The fourth-order valence-electron chi connectivity index (χ4n) is 0.102. The summed E-state index contributed by atoms with van der Waals surface area (Å²) in [5.41, 5.74) is 0. The second kappa shape index (κ2) is 4.16. The third-order valence-electron chi connectivity index (χ3n) is 0.167. The summed E-state index contributed by atoms with van der Waals surface area (Å²) in [5, 5.41) is 0. The molecular weight excluding hydrogens is 216 g/mol. The zero-order valence-corrected chi connectivity index (χ0v) is 8.22. The largest absolute Gasteiger partial charge is 2.00 e. The van der Waals surface area contributed by atoms with Crippen molar-refractivity contribution in [1.82, 2.24) is 0 Å². The Morgan fingerprint density at radius 3 is 1.10 bits per heavy atom. The van der Waals surface area contributed by atoms with Gasteiger partial charge in [-0.05, 0) is 0 Å². The minimum Gasteiger partial charge on any atom is -0.725 e. The van der Waals surface area contributed by atoms with E-state index < -0.39 is 20.8 Å². The second-order valence-electron chi connectivity index (χ2n) is 0.885. The third-order valence-corrected chi connectivity index (χ3v) is 1.50. The molecule has 56 valence electrons. The van der Waals surface area contributed by atoms with E-state index in [1.54, 1.807) is 0 Å². The molecule has 0 saturated carbocycles. The molecule has 10 heavy (non-hydrogen) atoms. The molecule has 0 atom stereocenters. The zero-order chi connectivity index (χ0) is 7.71. The summed E-state index contributed by atoms with van der Waals surface area (Å²) < 4.78 is 58.2. The van der Waals surface area contributed by atoms with Gasteiger partial charge in [0.15, 0.2) is 0 Å². The maximum absolute atomic E-state index is 9.29. The van der Waals surface area contributed by atoms with Crippen LogP contribution in [0.4, 0.5) is 0 Å². The van der Waals surface area contributed by atoms with Crippen molar-refractivity contribution in [2.45, 2.75) is 0 Å². The van der Waals surface area contributed by atoms with Gasteiger partial charge in [0.1, 0.15) is 0 Å². The van der Waals surface area contributed by atoms with Crippen LogP contribution in [0.25, 0.3) is 0 Å². The van der Waals surface area contributed by atoms with E-state index >= 15 is 0 Å². The van der Waals surface area contributed by atoms with E-state index in [4.69, 9.17) is 0 Å². The molecule has 0 unspecified atom stereocenters. The SMILES string of the molecule is O=S(=O)([O-])OS(=O)(=O)[O-].[Ca+2]. The van der Waals surface area contributed by atoms with Crippen LogP contribution >= 0.6 is 0 Å². The molecule has 0 aromatic rings. The van der Waals surface area contributed by atoms with E-state index in [-0.39, 0.29) is 37.7 Å². The van der Waals surface area contributed by atoms with Gasteiger partial charge in [-0.25, -0.2) is 16.8 Å². The maximum Gasteiger partial charge on any atom is 2.00 e. The molecule has 0 radical (unpaired) electrons. The van der Waals surface area contributed by atoms with Crippen molar-refractivity contribution < 1.29 is 29.6 Å². The molecule has 0 amide bonds. The summed E-state index contributed by atoms with van der Waals surface area (Å²) in [6.07, 6.45) is 0. The van der Waals surface area contributed by atoms with E-state index in [0.717, 1.165) is 0 Å². The van der Waals surface area contributed by atoms with E-state index in [1.807, 2.05) is 0 Å². The van der Waals surface area contributed by atoms with Crippen LogP contribution in [0.15, 0.2) is 0 Å². The second-order valence-corrected chi connectivity index (χ2v) is 3.06. The van der Waals surface area contributed by atoms with Crippen LogP contribution in [0.3, 0.4) is 0 Å². The summed E-state index contributed by atoms with van der Waals surface area (Å²) in [6, 6.07) is 0. The van der Waals surface area contributed by atoms with Crippen molar-refractivity contribution in [1.29, 1.82) is 0 Å². The van der Waals surface area contributed by atoms with Gasteiger partial charge in [-0.1, -0.05) is 0 Å². The first-order chi connectivity index (χ1) is 3.71. The number of hydrogen-bond acceptors (Lipinski definition) is 7. The molecule has 0 fully saturated rings. The van der Waals surface area contributed by atoms with Crippen molar-refractivity contribution in [3.05, 3.63) is 0 Å². The van der Waals surface area contributed by atoms with E-state index in [2.05, 4.69) is 3.63 Å². The van der Waals surface area contributed by atoms with Crippen LogP contribution in [-0.4, -0.2) is 63.7 Å². The first-order valence-corrected chi connectivity index (χ1v) is 4.00. The molecule has 0 aliphatic carbocycles. The van der Waals surface area contributed by atoms with Gasteiger partial charge in [-0.3, -0.25) is 0 Å². The molecule has 10 heteroatoms. The van der Waals surface area contributed by atoms with Gasteiger partial charge in [0, 0.05) is 0 Å². The van der Waals surface area contributed by atoms with Gasteiger partial charge in [-0.2, -0.15) is 3.63 Å². The van der Waals surface area contributed by atoms with Gasteiger partial charge < -0.3 is 9.11 Å². The minimum atomic E-state index is -5.43. The minimum absolute atomic E-state index is 0. The molecule has 0 aliphatic heterocycles. The predicted molar refractivity (Wildman–Crippen MR) is 26.2 cm³/mol. The Hall–Kier alpha value is 1.04. The molecule has 0 aromatic carbocycles. The molecule has 0 spiro atoms. The van der Waals surface area contributed by atoms with Crippen LogP contribution in [0.5, 0.6) is 0 Å². The van der Waals surface area contributed by atoms with Gasteiger partial charge >= 0.3 is 37.7 Å². The molecule has 0 bridgehead atoms.